The van der Waals surface area contributed by atoms with Crippen molar-refractivity contribution >= 4 is 10.0 Å². The molecule has 0 saturated heterocycles. The molecule has 0 spiro atoms. The second-order valence-corrected chi connectivity index (χ2v) is 10.3. The van der Waals surface area contributed by atoms with Crippen LogP contribution in [0.25, 0.3) is 0 Å². The van der Waals surface area contributed by atoms with Crippen molar-refractivity contribution in [1.82, 2.24) is 5.32 Å². The number of rotatable bonds is 11. The van der Waals surface area contributed by atoms with Crippen molar-refractivity contribution in [2.75, 3.05) is 13.1 Å². The first kappa shape index (κ1) is 24.5. The number of nitrogens with two attached hydrogens (primary N) is 2. The summed E-state index contributed by atoms with van der Waals surface area (Å²) in [4.78, 5) is 0.141. The van der Waals surface area contributed by atoms with Crippen LogP contribution in [0, 0.1) is 0 Å². The first-order valence-electron chi connectivity index (χ1n) is 11.4. The maximum absolute atomic E-state index is 11.3. The van der Waals surface area contributed by atoms with E-state index in [1.807, 2.05) is 6.07 Å². The average molecular weight is 462 g/mol. The van der Waals surface area contributed by atoms with Crippen LogP contribution < -0.4 is 16.2 Å². The molecular formula is C24H35N3O4S. The fourth-order valence-electron chi connectivity index (χ4n) is 4.53. The summed E-state index contributed by atoms with van der Waals surface area (Å²) < 4.78 is 22.6. The number of unbranched alkanes of at least 4 members (excludes halogenated alkanes) is 3. The molecule has 176 valence electrons. The molecule has 0 radical (unpaired) electrons. The van der Waals surface area contributed by atoms with Crippen LogP contribution in [0.15, 0.2) is 41.3 Å². The summed E-state index contributed by atoms with van der Waals surface area (Å²) in [5.74, 6) is 0.209. The fourth-order valence-corrected chi connectivity index (χ4v) is 5.05. The van der Waals surface area contributed by atoms with Crippen LogP contribution in [-0.2, 0) is 22.9 Å². The number of phenolic OH excluding ortho intramolecular Hbond substituents is 2. The quantitative estimate of drug-likeness (QED) is 0.258. The van der Waals surface area contributed by atoms with E-state index in [1.165, 1.54) is 0 Å². The van der Waals surface area contributed by atoms with Gasteiger partial charge in [-0.15, -0.1) is 0 Å². The number of nitrogens with one attached hydrogen (secondary N) is 1. The van der Waals surface area contributed by atoms with Crippen molar-refractivity contribution in [2.45, 2.75) is 68.2 Å². The summed E-state index contributed by atoms with van der Waals surface area (Å²) in [6.07, 6.45) is 7.87. The van der Waals surface area contributed by atoms with Crippen molar-refractivity contribution in [3.05, 3.63) is 53.1 Å². The Bertz CT molecular complexity index is 993. The minimum Gasteiger partial charge on any atom is -0.504 e. The molecule has 1 aliphatic carbocycles. The lowest BCUT2D eigenvalue weighted by atomic mass is 9.76. The van der Waals surface area contributed by atoms with Gasteiger partial charge in [-0.2, -0.15) is 0 Å². The molecule has 0 aromatic heterocycles. The van der Waals surface area contributed by atoms with Crippen LogP contribution in [-0.4, -0.2) is 37.8 Å². The van der Waals surface area contributed by atoms with Gasteiger partial charge in [-0.1, -0.05) is 37.5 Å². The number of hydrogen-bond acceptors (Lipinski definition) is 6. The lowest BCUT2D eigenvalue weighted by Gasteiger charge is -2.32. The van der Waals surface area contributed by atoms with Gasteiger partial charge in [0.2, 0.25) is 10.0 Å². The molecule has 2 unspecified atom stereocenters. The van der Waals surface area contributed by atoms with E-state index in [4.69, 9.17) is 10.9 Å². The van der Waals surface area contributed by atoms with Crippen molar-refractivity contribution in [2.24, 2.45) is 10.9 Å². The Morgan fingerprint density at radius 3 is 2.41 bits per heavy atom. The monoisotopic (exact) mass is 461 g/mol. The molecule has 2 aromatic carbocycles. The molecule has 8 heteroatoms. The number of primary sulfonamides is 1. The number of benzene rings is 2. The summed E-state index contributed by atoms with van der Waals surface area (Å²) in [5.41, 5.74) is 9.40. The topological polar surface area (TPSA) is 139 Å². The van der Waals surface area contributed by atoms with E-state index in [9.17, 15) is 18.6 Å². The number of phenols is 2. The zero-order chi connectivity index (χ0) is 23.1. The number of sulfonamides is 1. The number of fused-ring (bicyclic) bond motifs is 1. The minimum absolute atomic E-state index is 0.0193. The molecule has 7 N–H and O–H groups in total. The highest BCUT2D eigenvalue weighted by Gasteiger charge is 2.29. The van der Waals surface area contributed by atoms with Gasteiger partial charge in [-0.05, 0) is 80.4 Å². The van der Waals surface area contributed by atoms with E-state index < -0.39 is 10.0 Å². The number of aromatic hydroxyl groups is 2. The SMILES string of the molecule is NC1CCc2c(ccc(O)c2O)C1CCCCCCNCCc1ccc(S(N)(=O)=O)cc1. The minimum atomic E-state index is -3.63. The van der Waals surface area contributed by atoms with Crippen molar-refractivity contribution in [3.63, 3.8) is 0 Å². The van der Waals surface area contributed by atoms with E-state index in [0.717, 1.165) is 81.1 Å². The van der Waals surface area contributed by atoms with Crippen molar-refractivity contribution in [3.8, 4) is 11.5 Å². The molecule has 2 atom stereocenters. The van der Waals surface area contributed by atoms with Crippen LogP contribution in [0.5, 0.6) is 11.5 Å². The summed E-state index contributed by atoms with van der Waals surface area (Å²) in [6, 6.07) is 10.3. The van der Waals surface area contributed by atoms with Gasteiger partial charge in [0.15, 0.2) is 11.5 Å². The fraction of sp³-hybridized carbons (Fsp3) is 0.500. The van der Waals surface area contributed by atoms with Gasteiger partial charge < -0.3 is 21.3 Å². The zero-order valence-electron chi connectivity index (χ0n) is 18.5. The standard InChI is InChI=1S/C24H35N3O4S/c25-22-12-10-21-19(11-13-23(28)24(21)29)20(22)5-3-1-2-4-15-27-16-14-17-6-8-18(9-7-17)32(26,30)31/h6-9,11,13,20,22,27-29H,1-5,10,12,14-16,25H2,(H2,26,30,31). The Kier molecular flexibility index (Phi) is 8.53. The van der Waals surface area contributed by atoms with Gasteiger partial charge in [-0.3, -0.25) is 0 Å². The molecule has 3 rings (SSSR count). The number of hydrogen-bond donors (Lipinski definition) is 5. The Labute approximate surface area is 190 Å². The van der Waals surface area contributed by atoms with Gasteiger partial charge in [0.25, 0.3) is 0 Å². The van der Waals surface area contributed by atoms with E-state index >= 15 is 0 Å². The summed E-state index contributed by atoms with van der Waals surface area (Å²) in [5, 5.41) is 28.5. The highest BCUT2D eigenvalue weighted by Crippen LogP contribution is 2.42. The van der Waals surface area contributed by atoms with Gasteiger partial charge in [0, 0.05) is 11.6 Å². The Morgan fingerprint density at radius 1 is 0.969 bits per heavy atom. The van der Waals surface area contributed by atoms with Gasteiger partial charge in [-0.25, -0.2) is 13.6 Å². The van der Waals surface area contributed by atoms with Crippen LogP contribution in [0.2, 0.25) is 0 Å². The van der Waals surface area contributed by atoms with Crippen molar-refractivity contribution < 1.29 is 18.6 Å². The Balaban J connectivity index is 1.30. The van der Waals surface area contributed by atoms with E-state index in [-0.39, 0.29) is 28.4 Å². The molecule has 0 aliphatic heterocycles. The highest BCUT2D eigenvalue weighted by atomic mass is 32.2. The van der Waals surface area contributed by atoms with E-state index in [2.05, 4.69) is 5.32 Å². The van der Waals surface area contributed by atoms with Crippen LogP contribution in [0.4, 0.5) is 0 Å². The predicted molar refractivity (Wildman–Crippen MR) is 126 cm³/mol. The van der Waals surface area contributed by atoms with Gasteiger partial charge in [0.05, 0.1) is 4.90 Å². The summed E-state index contributed by atoms with van der Waals surface area (Å²) >= 11 is 0. The van der Waals surface area contributed by atoms with Gasteiger partial charge >= 0.3 is 0 Å². The second-order valence-electron chi connectivity index (χ2n) is 8.70. The second kappa shape index (κ2) is 11.1. The molecular weight excluding hydrogens is 426 g/mol. The van der Waals surface area contributed by atoms with Crippen molar-refractivity contribution in [1.29, 1.82) is 0 Å². The zero-order valence-corrected chi connectivity index (χ0v) is 19.3. The molecule has 0 heterocycles. The van der Waals surface area contributed by atoms with Crippen LogP contribution in [0.1, 0.15) is 61.1 Å². The average Bonchev–Trinajstić information content (AvgIpc) is 2.76. The molecule has 2 aromatic rings. The molecule has 0 saturated carbocycles. The lowest BCUT2D eigenvalue weighted by Crippen LogP contribution is -2.33. The molecule has 7 nitrogen and oxygen atoms in total. The third-order valence-corrected chi connectivity index (χ3v) is 7.33. The smallest absolute Gasteiger partial charge is 0.238 e. The van der Waals surface area contributed by atoms with Gasteiger partial charge in [0.1, 0.15) is 0 Å². The molecule has 0 fully saturated rings. The lowest BCUT2D eigenvalue weighted by molar-refractivity contribution is 0.380. The third kappa shape index (κ3) is 6.45. The molecule has 32 heavy (non-hydrogen) atoms. The third-order valence-electron chi connectivity index (χ3n) is 6.40. The summed E-state index contributed by atoms with van der Waals surface area (Å²) in [7, 11) is -3.63. The predicted octanol–water partition coefficient (Wildman–Crippen LogP) is 2.89. The maximum atomic E-state index is 11.3. The largest absolute Gasteiger partial charge is 0.504 e. The molecule has 1 aliphatic rings. The highest BCUT2D eigenvalue weighted by molar-refractivity contribution is 7.89. The normalized spacial score (nSPS) is 18.4. The summed E-state index contributed by atoms with van der Waals surface area (Å²) in [6.45, 7) is 1.80. The first-order chi connectivity index (χ1) is 15.3. The van der Waals surface area contributed by atoms with E-state index in [0.29, 0.717) is 0 Å². The van der Waals surface area contributed by atoms with E-state index in [1.54, 1.807) is 30.3 Å². The van der Waals surface area contributed by atoms with Crippen LogP contribution >= 0.6 is 0 Å². The Morgan fingerprint density at radius 2 is 1.69 bits per heavy atom. The first-order valence-corrected chi connectivity index (χ1v) is 12.9. The van der Waals surface area contributed by atoms with Crippen LogP contribution in [0.3, 0.4) is 0 Å². The maximum Gasteiger partial charge on any atom is 0.238 e. The Hall–Kier alpha value is -2.13. The molecule has 0 amide bonds. The molecule has 0 bridgehead atoms.